The zero-order chi connectivity index (χ0) is 18.7. The van der Waals surface area contributed by atoms with Crippen LogP contribution in [-0.4, -0.2) is 50.6 Å². The Morgan fingerprint density at radius 1 is 1.32 bits per heavy atom. The van der Waals surface area contributed by atoms with Crippen molar-refractivity contribution in [1.82, 2.24) is 9.62 Å². The Labute approximate surface area is 147 Å². The molecule has 0 radical (unpaired) electrons. The predicted octanol–water partition coefficient (Wildman–Crippen LogP) is 1.54. The summed E-state index contributed by atoms with van der Waals surface area (Å²) in [6.45, 7) is 6.31. The standard InChI is InChI=1S/C16H23N3O5S/c1-16(2,3)18-25(22,23)13-6-4-5-12(11-13)17-14(20)7-8-19-9-10-24-15(19)21/h4-6,11,18H,7-10H2,1-3H3,(H,17,20). The molecule has 1 heterocycles. The van der Waals surface area contributed by atoms with Gasteiger partial charge in [-0.3, -0.25) is 4.79 Å². The normalized spacial score (nSPS) is 15.2. The minimum absolute atomic E-state index is 0.0725. The van der Waals surface area contributed by atoms with Crippen molar-refractivity contribution in [2.75, 3.05) is 25.0 Å². The third-order valence-corrected chi connectivity index (χ3v) is 5.08. The van der Waals surface area contributed by atoms with Gasteiger partial charge in [-0.1, -0.05) is 6.07 Å². The van der Waals surface area contributed by atoms with E-state index in [1.807, 2.05) is 0 Å². The number of amides is 2. The number of cyclic esters (lactones) is 1. The summed E-state index contributed by atoms with van der Waals surface area (Å²) >= 11 is 0. The Morgan fingerprint density at radius 2 is 2.04 bits per heavy atom. The van der Waals surface area contributed by atoms with Crippen LogP contribution in [0.2, 0.25) is 0 Å². The van der Waals surface area contributed by atoms with Crippen molar-refractivity contribution < 1.29 is 22.7 Å². The topological polar surface area (TPSA) is 105 Å². The highest BCUT2D eigenvalue weighted by molar-refractivity contribution is 7.89. The summed E-state index contributed by atoms with van der Waals surface area (Å²) in [6, 6.07) is 6.03. The third-order valence-electron chi connectivity index (χ3n) is 3.32. The minimum Gasteiger partial charge on any atom is -0.448 e. The molecule has 25 heavy (non-hydrogen) atoms. The van der Waals surface area contributed by atoms with Gasteiger partial charge in [0.05, 0.1) is 11.4 Å². The van der Waals surface area contributed by atoms with E-state index in [2.05, 4.69) is 10.0 Å². The van der Waals surface area contributed by atoms with E-state index in [9.17, 15) is 18.0 Å². The van der Waals surface area contributed by atoms with E-state index in [-0.39, 0.29) is 23.8 Å². The number of rotatable bonds is 6. The van der Waals surface area contributed by atoms with Gasteiger partial charge in [0.25, 0.3) is 0 Å². The van der Waals surface area contributed by atoms with E-state index in [4.69, 9.17) is 4.74 Å². The van der Waals surface area contributed by atoms with Gasteiger partial charge in [-0.05, 0) is 39.0 Å². The molecule has 2 rings (SSSR count). The molecule has 1 aromatic rings. The molecule has 1 aliphatic heterocycles. The molecule has 1 aliphatic rings. The van der Waals surface area contributed by atoms with Gasteiger partial charge in [0.15, 0.2) is 0 Å². The number of carbonyl (C=O) groups is 2. The third kappa shape index (κ3) is 5.71. The summed E-state index contributed by atoms with van der Waals surface area (Å²) in [5.41, 5.74) is -0.228. The molecule has 1 saturated heterocycles. The SMILES string of the molecule is CC(C)(C)NS(=O)(=O)c1cccc(NC(=O)CCN2CCOC2=O)c1. The number of carbonyl (C=O) groups excluding carboxylic acids is 2. The van der Waals surface area contributed by atoms with E-state index in [1.165, 1.54) is 17.0 Å². The van der Waals surface area contributed by atoms with Gasteiger partial charge in [-0.2, -0.15) is 0 Å². The van der Waals surface area contributed by atoms with Crippen molar-refractivity contribution in [2.24, 2.45) is 0 Å². The molecule has 1 aromatic carbocycles. The largest absolute Gasteiger partial charge is 0.448 e. The van der Waals surface area contributed by atoms with Crippen LogP contribution in [0.5, 0.6) is 0 Å². The number of sulfonamides is 1. The number of anilines is 1. The highest BCUT2D eigenvalue weighted by Crippen LogP contribution is 2.17. The number of hydrogen-bond acceptors (Lipinski definition) is 5. The molecule has 0 aromatic heterocycles. The van der Waals surface area contributed by atoms with Gasteiger partial charge in [0, 0.05) is 24.2 Å². The van der Waals surface area contributed by atoms with Gasteiger partial charge in [0.2, 0.25) is 15.9 Å². The second-order valence-electron chi connectivity index (χ2n) is 6.78. The first-order chi connectivity index (χ1) is 11.6. The maximum Gasteiger partial charge on any atom is 0.409 e. The Hall–Kier alpha value is -2.13. The number of hydrogen-bond donors (Lipinski definition) is 2. The second kappa shape index (κ2) is 7.40. The van der Waals surface area contributed by atoms with E-state index in [1.54, 1.807) is 32.9 Å². The zero-order valence-electron chi connectivity index (χ0n) is 14.5. The quantitative estimate of drug-likeness (QED) is 0.791. The molecule has 0 bridgehead atoms. The molecule has 9 heteroatoms. The van der Waals surface area contributed by atoms with Crippen LogP contribution >= 0.6 is 0 Å². The average molecular weight is 369 g/mol. The van der Waals surface area contributed by atoms with Crippen molar-refractivity contribution >= 4 is 27.7 Å². The zero-order valence-corrected chi connectivity index (χ0v) is 15.4. The van der Waals surface area contributed by atoms with Gasteiger partial charge in [-0.15, -0.1) is 0 Å². The molecule has 0 atom stereocenters. The van der Waals surface area contributed by atoms with Crippen LogP contribution in [0.1, 0.15) is 27.2 Å². The van der Waals surface area contributed by atoms with Crippen LogP contribution < -0.4 is 10.0 Å². The summed E-state index contributed by atoms with van der Waals surface area (Å²) in [7, 11) is -3.68. The Bertz CT molecular complexity index is 755. The fourth-order valence-electron chi connectivity index (χ4n) is 2.29. The predicted molar refractivity (Wildman–Crippen MR) is 92.7 cm³/mol. The Kier molecular flexibility index (Phi) is 5.69. The van der Waals surface area contributed by atoms with Crippen LogP contribution in [0.3, 0.4) is 0 Å². The van der Waals surface area contributed by atoms with E-state index in [0.717, 1.165) is 0 Å². The second-order valence-corrected chi connectivity index (χ2v) is 8.47. The first kappa shape index (κ1) is 19.2. The van der Waals surface area contributed by atoms with E-state index >= 15 is 0 Å². The van der Waals surface area contributed by atoms with Crippen LogP contribution in [0.4, 0.5) is 10.5 Å². The van der Waals surface area contributed by atoms with Crippen molar-refractivity contribution in [3.05, 3.63) is 24.3 Å². The molecular weight excluding hydrogens is 346 g/mol. The summed E-state index contributed by atoms with van der Waals surface area (Å²) in [6.07, 6.45) is -0.319. The van der Waals surface area contributed by atoms with Gasteiger partial charge >= 0.3 is 6.09 Å². The number of nitrogens with zero attached hydrogens (tertiary/aromatic N) is 1. The average Bonchev–Trinajstić information content (AvgIpc) is 2.88. The van der Waals surface area contributed by atoms with Crippen molar-refractivity contribution in [3.63, 3.8) is 0 Å². The van der Waals surface area contributed by atoms with Crippen LogP contribution in [0.25, 0.3) is 0 Å². The van der Waals surface area contributed by atoms with Crippen LogP contribution in [0, 0.1) is 0 Å². The molecule has 8 nitrogen and oxygen atoms in total. The fourth-order valence-corrected chi connectivity index (χ4v) is 3.76. The van der Waals surface area contributed by atoms with Gasteiger partial charge < -0.3 is 15.0 Å². The molecule has 0 aliphatic carbocycles. The number of nitrogens with one attached hydrogen (secondary N) is 2. The molecule has 0 spiro atoms. The smallest absolute Gasteiger partial charge is 0.409 e. The Morgan fingerprint density at radius 3 is 2.64 bits per heavy atom. The number of ether oxygens (including phenoxy) is 1. The first-order valence-electron chi connectivity index (χ1n) is 7.92. The van der Waals surface area contributed by atoms with E-state index in [0.29, 0.717) is 18.8 Å². The molecule has 2 amide bonds. The monoisotopic (exact) mass is 369 g/mol. The maximum absolute atomic E-state index is 12.3. The van der Waals surface area contributed by atoms with E-state index < -0.39 is 21.7 Å². The molecule has 138 valence electrons. The molecular formula is C16H23N3O5S. The van der Waals surface area contributed by atoms with Crippen LogP contribution in [-0.2, 0) is 19.6 Å². The summed E-state index contributed by atoms with van der Waals surface area (Å²) in [4.78, 5) is 24.8. The van der Waals surface area contributed by atoms with Crippen molar-refractivity contribution in [2.45, 2.75) is 37.6 Å². The Balaban J connectivity index is 1.99. The highest BCUT2D eigenvalue weighted by Gasteiger charge is 2.23. The number of benzene rings is 1. The van der Waals surface area contributed by atoms with Crippen LogP contribution in [0.15, 0.2) is 29.2 Å². The maximum atomic E-state index is 12.3. The fraction of sp³-hybridized carbons (Fsp3) is 0.500. The highest BCUT2D eigenvalue weighted by atomic mass is 32.2. The summed E-state index contributed by atoms with van der Waals surface area (Å²) in [5.74, 6) is -0.307. The first-order valence-corrected chi connectivity index (χ1v) is 9.41. The lowest BCUT2D eigenvalue weighted by atomic mass is 10.1. The summed E-state index contributed by atoms with van der Waals surface area (Å²) in [5, 5.41) is 2.65. The van der Waals surface area contributed by atoms with Crippen molar-refractivity contribution in [3.8, 4) is 0 Å². The van der Waals surface area contributed by atoms with Gasteiger partial charge in [-0.25, -0.2) is 17.9 Å². The lowest BCUT2D eigenvalue weighted by Crippen LogP contribution is -2.40. The van der Waals surface area contributed by atoms with Gasteiger partial charge in [0.1, 0.15) is 6.61 Å². The lowest BCUT2D eigenvalue weighted by Gasteiger charge is -2.20. The molecule has 0 unspecified atom stereocenters. The minimum atomic E-state index is -3.68. The summed E-state index contributed by atoms with van der Waals surface area (Å²) < 4.78 is 32.0. The van der Waals surface area contributed by atoms with Crippen molar-refractivity contribution in [1.29, 1.82) is 0 Å². The molecule has 2 N–H and O–H groups in total. The molecule has 0 saturated carbocycles. The lowest BCUT2D eigenvalue weighted by molar-refractivity contribution is -0.116. The molecule has 1 fully saturated rings.